The highest BCUT2D eigenvalue weighted by Crippen LogP contribution is 2.25. The van der Waals surface area contributed by atoms with Crippen molar-refractivity contribution in [1.82, 2.24) is 15.5 Å². The molecule has 0 fully saturated rings. The Labute approximate surface area is 123 Å². The standard InChI is InChI=1S/C14H19N3O2S/c1-10(15-2)7-13-16-14(19-17-13)9-20-12-6-4-5-11(8-12)18-3/h4-6,8,10,15H,7,9H2,1-3H3. The zero-order valence-corrected chi connectivity index (χ0v) is 12.7. The molecule has 0 saturated heterocycles. The zero-order chi connectivity index (χ0) is 14.4. The van der Waals surface area contributed by atoms with E-state index >= 15 is 0 Å². The van der Waals surface area contributed by atoms with E-state index in [4.69, 9.17) is 9.26 Å². The molecule has 0 aliphatic heterocycles. The summed E-state index contributed by atoms with van der Waals surface area (Å²) in [6.45, 7) is 2.08. The average molecular weight is 293 g/mol. The van der Waals surface area contributed by atoms with Crippen LogP contribution in [0.3, 0.4) is 0 Å². The lowest BCUT2D eigenvalue weighted by Crippen LogP contribution is -2.24. The molecule has 0 aliphatic carbocycles. The number of rotatable bonds is 7. The number of thioether (sulfide) groups is 1. The molecule has 0 saturated carbocycles. The maximum Gasteiger partial charge on any atom is 0.237 e. The number of nitrogens with zero attached hydrogens (tertiary/aromatic N) is 2. The Morgan fingerprint density at radius 2 is 2.30 bits per heavy atom. The minimum Gasteiger partial charge on any atom is -0.497 e. The summed E-state index contributed by atoms with van der Waals surface area (Å²) in [5, 5.41) is 7.14. The van der Waals surface area contributed by atoms with E-state index in [2.05, 4.69) is 22.4 Å². The van der Waals surface area contributed by atoms with E-state index in [1.54, 1.807) is 18.9 Å². The SMILES string of the molecule is CNC(C)Cc1noc(CSc2cccc(OC)c2)n1. The van der Waals surface area contributed by atoms with Gasteiger partial charge in [-0.05, 0) is 32.2 Å². The first-order valence-electron chi connectivity index (χ1n) is 6.47. The number of hydrogen-bond acceptors (Lipinski definition) is 6. The molecule has 108 valence electrons. The van der Waals surface area contributed by atoms with Crippen molar-refractivity contribution in [2.45, 2.75) is 30.0 Å². The van der Waals surface area contributed by atoms with Gasteiger partial charge in [-0.1, -0.05) is 11.2 Å². The first kappa shape index (κ1) is 14.9. The molecule has 1 atom stereocenters. The zero-order valence-electron chi connectivity index (χ0n) is 11.9. The van der Waals surface area contributed by atoms with Gasteiger partial charge in [0.2, 0.25) is 5.89 Å². The van der Waals surface area contributed by atoms with Gasteiger partial charge in [-0.15, -0.1) is 11.8 Å². The van der Waals surface area contributed by atoms with Gasteiger partial charge >= 0.3 is 0 Å². The monoisotopic (exact) mass is 293 g/mol. The first-order valence-corrected chi connectivity index (χ1v) is 7.45. The number of aromatic nitrogens is 2. The molecule has 0 bridgehead atoms. The molecule has 0 amide bonds. The number of hydrogen-bond donors (Lipinski definition) is 1. The highest BCUT2D eigenvalue weighted by molar-refractivity contribution is 7.98. The van der Waals surface area contributed by atoms with Crippen LogP contribution in [0.5, 0.6) is 5.75 Å². The van der Waals surface area contributed by atoms with Gasteiger partial charge in [-0.2, -0.15) is 4.98 Å². The van der Waals surface area contributed by atoms with Crippen LogP contribution in [0.4, 0.5) is 0 Å². The van der Waals surface area contributed by atoms with Crippen LogP contribution in [0.25, 0.3) is 0 Å². The summed E-state index contributed by atoms with van der Waals surface area (Å²) in [6, 6.07) is 8.26. The molecule has 1 aromatic heterocycles. The molecule has 2 rings (SSSR count). The van der Waals surface area contributed by atoms with E-state index in [1.165, 1.54) is 0 Å². The largest absolute Gasteiger partial charge is 0.497 e. The van der Waals surface area contributed by atoms with Crippen molar-refractivity contribution in [3.63, 3.8) is 0 Å². The number of benzene rings is 1. The van der Waals surface area contributed by atoms with Crippen LogP contribution in [0.1, 0.15) is 18.6 Å². The minimum absolute atomic E-state index is 0.339. The van der Waals surface area contributed by atoms with Crippen molar-refractivity contribution in [3.05, 3.63) is 36.0 Å². The molecule has 5 nitrogen and oxygen atoms in total. The van der Waals surface area contributed by atoms with Crippen molar-refractivity contribution in [3.8, 4) is 5.75 Å². The molecule has 20 heavy (non-hydrogen) atoms. The molecule has 6 heteroatoms. The second-order valence-corrected chi connectivity index (χ2v) is 5.51. The Morgan fingerprint density at radius 1 is 1.45 bits per heavy atom. The summed E-state index contributed by atoms with van der Waals surface area (Å²) in [5.74, 6) is 2.90. The summed E-state index contributed by atoms with van der Waals surface area (Å²) in [6.07, 6.45) is 0.768. The second kappa shape index (κ2) is 7.31. The Bertz CT molecular complexity index is 545. The Morgan fingerprint density at radius 3 is 3.05 bits per heavy atom. The van der Waals surface area contributed by atoms with Crippen molar-refractivity contribution in [2.75, 3.05) is 14.2 Å². The fraction of sp³-hybridized carbons (Fsp3) is 0.429. The van der Waals surface area contributed by atoms with Crippen LogP contribution in [0, 0.1) is 0 Å². The summed E-state index contributed by atoms with van der Waals surface area (Å²) in [5.41, 5.74) is 0. The molecule has 0 radical (unpaired) electrons. The highest BCUT2D eigenvalue weighted by Gasteiger charge is 2.09. The van der Waals surface area contributed by atoms with Crippen LogP contribution < -0.4 is 10.1 Å². The predicted molar refractivity (Wildman–Crippen MR) is 79.1 cm³/mol. The summed E-state index contributed by atoms with van der Waals surface area (Å²) in [4.78, 5) is 5.50. The first-order chi connectivity index (χ1) is 9.71. The van der Waals surface area contributed by atoms with Gasteiger partial charge < -0.3 is 14.6 Å². The summed E-state index contributed by atoms with van der Waals surface area (Å²) < 4.78 is 10.4. The van der Waals surface area contributed by atoms with Crippen molar-refractivity contribution in [1.29, 1.82) is 0 Å². The predicted octanol–water partition coefficient (Wildman–Crippen LogP) is 2.52. The quantitative estimate of drug-likeness (QED) is 0.792. The summed E-state index contributed by atoms with van der Waals surface area (Å²) >= 11 is 1.65. The second-order valence-electron chi connectivity index (χ2n) is 4.47. The number of likely N-dealkylation sites (N-methyl/N-ethyl adjacent to an activating group) is 1. The van der Waals surface area contributed by atoms with Crippen LogP contribution >= 0.6 is 11.8 Å². The fourth-order valence-corrected chi connectivity index (χ4v) is 2.43. The molecule has 1 aromatic carbocycles. The van der Waals surface area contributed by atoms with E-state index in [0.717, 1.165) is 22.9 Å². The molecular weight excluding hydrogens is 274 g/mol. The highest BCUT2D eigenvalue weighted by atomic mass is 32.2. The molecule has 1 N–H and O–H groups in total. The van der Waals surface area contributed by atoms with Crippen LogP contribution in [0.15, 0.2) is 33.7 Å². The number of nitrogens with one attached hydrogen (secondary N) is 1. The van der Waals surface area contributed by atoms with Crippen molar-refractivity contribution >= 4 is 11.8 Å². The van der Waals surface area contributed by atoms with E-state index in [-0.39, 0.29) is 0 Å². The van der Waals surface area contributed by atoms with Gasteiger partial charge in [-0.3, -0.25) is 0 Å². The molecule has 1 heterocycles. The Hall–Kier alpha value is -1.53. The number of methoxy groups -OCH3 is 1. The van der Waals surface area contributed by atoms with E-state index in [0.29, 0.717) is 17.7 Å². The lowest BCUT2D eigenvalue weighted by molar-refractivity contribution is 0.382. The van der Waals surface area contributed by atoms with Crippen LogP contribution in [-0.4, -0.2) is 30.3 Å². The van der Waals surface area contributed by atoms with E-state index in [9.17, 15) is 0 Å². The maximum absolute atomic E-state index is 5.25. The van der Waals surface area contributed by atoms with E-state index in [1.807, 2.05) is 31.3 Å². The third-order valence-electron chi connectivity index (χ3n) is 2.90. The van der Waals surface area contributed by atoms with Crippen LogP contribution in [0.2, 0.25) is 0 Å². The third-order valence-corrected chi connectivity index (χ3v) is 3.87. The summed E-state index contributed by atoms with van der Waals surface area (Å²) in [7, 11) is 3.58. The maximum atomic E-state index is 5.25. The van der Waals surface area contributed by atoms with Crippen LogP contribution in [-0.2, 0) is 12.2 Å². The average Bonchev–Trinajstić information content (AvgIpc) is 2.92. The molecule has 0 spiro atoms. The normalized spacial score (nSPS) is 12.3. The smallest absolute Gasteiger partial charge is 0.237 e. The lowest BCUT2D eigenvalue weighted by atomic mass is 10.2. The van der Waals surface area contributed by atoms with Crippen molar-refractivity contribution < 1.29 is 9.26 Å². The van der Waals surface area contributed by atoms with Gasteiger partial charge in [0.15, 0.2) is 5.82 Å². The number of ether oxygens (including phenoxy) is 1. The van der Waals surface area contributed by atoms with Gasteiger partial charge in [0.05, 0.1) is 12.9 Å². The topological polar surface area (TPSA) is 60.2 Å². The minimum atomic E-state index is 0.339. The third kappa shape index (κ3) is 4.25. The van der Waals surface area contributed by atoms with Gasteiger partial charge in [0, 0.05) is 17.4 Å². The Balaban J connectivity index is 1.90. The lowest BCUT2D eigenvalue weighted by Gasteiger charge is -2.04. The van der Waals surface area contributed by atoms with Gasteiger partial charge in [0.1, 0.15) is 5.75 Å². The fourth-order valence-electron chi connectivity index (χ4n) is 1.64. The van der Waals surface area contributed by atoms with Gasteiger partial charge in [0.25, 0.3) is 0 Å². The van der Waals surface area contributed by atoms with E-state index < -0.39 is 0 Å². The molecule has 1 unspecified atom stereocenters. The van der Waals surface area contributed by atoms with Crippen molar-refractivity contribution in [2.24, 2.45) is 0 Å². The molecular formula is C14H19N3O2S. The Kier molecular flexibility index (Phi) is 5.43. The van der Waals surface area contributed by atoms with Gasteiger partial charge in [-0.25, -0.2) is 0 Å². The molecule has 2 aromatic rings. The molecule has 0 aliphatic rings.